The van der Waals surface area contributed by atoms with Gasteiger partial charge >= 0.3 is 12.1 Å². The molecule has 0 spiro atoms. The number of aliphatic hydroxyl groups excluding tert-OH is 1. The molecule has 0 fully saturated rings. The Hall–Kier alpha value is -2.61. The van der Waals surface area contributed by atoms with Crippen LogP contribution in [0.5, 0.6) is 0 Å². The fourth-order valence-electron chi connectivity index (χ4n) is 2.16. The molecular weight excluding hydrogens is 340 g/mol. The molecule has 0 aliphatic carbocycles. The molecule has 1 aromatic carbocycles. The van der Waals surface area contributed by atoms with Gasteiger partial charge in [0, 0.05) is 0 Å². The number of ether oxygens (including phenoxy) is 2. The number of methoxy groups -OCH3 is 1. The number of hydrogen-bond acceptors (Lipinski definition) is 6. The number of nitrogens with one attached hydrogen (secondary N) is 2. The summed E-state index contributed by atoms with van der Waals surface area (Å²) in [5.74, 6) is -1.55. The highest BCUT2D eigenvalue weighted by Gasteiger charge is 2.31. The van der Waals surface area contributed by atoms with Crippen LogP contribution in [-0.4, -0.2) is 48.4 Å². The van der Waals surface area contributed by atoms with E-state index in [0.717, 1.165) is 5.56 Å². The number of hydrogen-bond donors (Lipinski definition) is 3. The smallest absolute Gasteiger partial charge is 0.408 e. The maximum Gasteiger partial charge on any atom is 0.408 e. The molecule has 0 bridgehead atoms. The van der Waals surface area contributed by atoms with Gasteiger partial charge < -0.3 is 25.2 Å². The summed E-state index contributed by atoms with van der Waals surface area (Å²) in [5.41, 5.74) is 0.784. The molecule has 3 atom stereocenters. The highest BCUT2D eigenvalue weighted by atomic mass is 16.5. The van der Waals surface area contributed by atoms with Gasteiger partial charge in [-0.1, -0.05) is 44.2 Å². The molecule has 3 N–H and O–H groups in total. The maximum absolute atomic E-state index is 12.4. The third kappa shape index (κ3) is 6.72. The molecule has 8 nitrogen and oxygen atoms in total. The van der Waals surface area contributed by atoms with Crippen LogP contribution in [0, 0.1) is 5.92 Å². The fourth-order valence-corrected chi connectivity index (χ4v) is 2.16. The van der Waals surface area contributed by atoms with Crippen LogP contribution in [0.4, 0.5) is 4.79 Å². The first-order valence-corrected chi connectivity index (χ1v) is 8.29. The van der Waals surface area contributed by atoms with Crippen LogP contribution in [0.25, 0.3) is 0 Å². The highest BCUT2D eigenvalue weighted by Crippen LogP contribution is 2.06. The predicted octanol–water partition coefficient (Wildman–Crippen LogP) is 0.976. The minimum absolute atomic E-state index is 0.0254. The normalized spacial score (nSPS) is 14.1. The summed E-state index contributed by atoms with van der Waals surface area (Å²) in [4.78, 5) is 36.1. The van der Waals surface area contributed by atoms with Crippen LogP contribution in [0.2, 0.25) is 0 Å². The first-order valence-electron chi connectivity index (χ1n) is 8.29. The van der Waals surface area contributed by atoms with Crippen molar-refractivity contribution in [1.29, 1.82) is 0 Å². The standard InChI is InChI=1S/C18H26N2O6/c1-11(2)14(17(23)25-4)19-16(22)15(12(3)21)20-18(24)26-10-13-8-6-5-7-9-13/h5-9,11-12,14-15,21H,10H2,1-4H3,(H,19,22)(H,20,24)/t12-,14-,15+/m0/s1. The van der Waals surface area contributed by atoms with Crippen LogP contribution in [0.3, 0.4) is 0 Å². The zero-order valence-corrected chi connectivity index (χ0v) is 15.4. The van der Waals surface area contributed by atoms with E-state index in [1.807, 2.05) is 18.2 Å². The largest absolute Gasteiger partial charge is 0.467 e. The molecule has 2 amide bonds. The average Bonchev–Trinajstić information content (AvgIpc) is 2.61. The number of rotatable bonds is 8. The van der Waals surface area contributed by atoms with E-state index >= 15 is 0 Å². The lowest BCUT2D eigenvalue weighted by Crippen LogP contribution is -2.57. The lowest BCUT2D eigenvalue weighted by molar-refractivity contribution is -0.147. The van der Waals surface area contributed by atoms with E-state index in [9.17, 15) is 19.5 Å². The molecule has 26 heavy (non-hydrogen) atoms. The van der Waals surface area contributed by atoms with Crippen molar-refractivity contribution in [2.24, 2.45) is 5.92 Å². The molecular formula is C18H26N2O6. The van der Waals surface area contributed by atoms with Crippen molar-refractivity contribution >= 4 is 18.0 Å². The van der Waals surface area contributed by atoms with Gasteiger partial charge in [-0.2, -0.15) is 0 Å². The van der Waals surface area contributed by atoms with Crippen LogP contribution in [0.1, 0.15) is 26.3 Å². The number of carbonyl (C=O) groups excluding carboxylic acids is 3. The summed E-state index contributed by atoms with van der Waals surface area (Å²) in [7, 11) is 1.22. The van der Waals surface area contributed by atoms with Crippen LogP contribution in [0.15, 0.2) is 30.3 Å². The minimum Gasteiger partial charge on any atom is -0.467 e. The minimum atomic E-state index is -1.27. The van der Waals surface area contributed by atoms with Gasteiger partial charge in [0.2, 0.25) is 5.91 Å². The number of amides is 2. The number of alkyl carbamates (subject to hydrolysis) is 1. The Morgan fingerprint density at radius 2 is 1.65 bits per heavy atom. The summed E-state index contributed by atoms with van der Waals surface area (Å²) in [5, 5.41) is 14.6. The van der Waals surface area contributed by atoms with Crippen molar-refractivity contribution in [2.45, 2.75) is 45.6 Å². The second-order valence-corrected chi connectivity index (χ2v) is 6.18. The lowest BCUT2D eigenvalue weighted by Gasteiger charge is -2.25. The van der Waals surface area contributed by atoms with Crippen molar-refractivity contribution in [3.8, 4) is 0 Å². The van der Waals surface area contributed by atoms with Gasteiger partial charge in [0.05, 0.1) is 13.2 Å². The zero-order chi connectivity index (χ0) is 19.7. The molecule has 1 rings (SSSR count). The topological polar surface area (TPSA) is 114 Å². The van der Waals surface area contributed by atoms with Gasteiger partial charge in [0.1, 0.15) is 18.7 Å². The molecule has 0 unspecified atom stereocenters. The summed E-state index contributed by atoms with van der Waals surface area (Å²) >= 11 is 0. The quantitative estimate of drug-likeness (QED) is 0.591. The van der Waals surface area contributed by atoms with Gasteiger partial charge in [-0.25, -0.2) is 9.59 Å². The van der Waals surface area contributed by atoms with Crippen molar-refractivity contribution in [3.63, 3.8) is 0 Å². The Balaban J connectivity index is 2.67. The molecule has 0 aromatic heterocycles. The van der Waals surface area contributed by atoms with E-state index in [-0.39, 0.29) is 12.5 Å². The van der Waals surface area contributed by atoms with Crippen molar-refractivity contribution in [3.05, 3.63) is 35.9 Å². The number of carbonyl (C=O) groups is 3. The fraction of sp³-hybridized carbons (Fsp3) is 0.500. The average molecular weight is 366 g/mol. The van der Waals surface area contributed by atoms with Crippen LogP contribution in [-0.2, 0) is 25.7 Å². The Morgan fingerprint density at radius 1 is 1.04 bits per heavy atom. The number of esters is 1. The van der Waals surface area contributed by atoms with Crippen LogP contribution < -0.4 is 10.6 Å². The number of aliphatic hydroxyl groups is 1. The Kier molecular flexibility index (Phi) is 8.57. The third-order valence-electron chi connectivity index (χ3n) is 3.67. The summed E-state index contributed by atoms with van der Waals surface area (Å²) in [6, 6.07) is 6.86. The van der Waals surface area contributed by atoms with Gasteiger partial charge in [-0.15, -0.1) is 0 Å². The van der Waals surface area contributed by atoms with E-state index in [1.54, 1.807) is 26.0 Å². The molecule has 144 valence electrons. The first kappa shape index (κ1) is 21.4. The Labute approximate surface area is 152 Å². The second-order valence-electron chi connectivity index (χ2n) is 6.18. The van der Waals surface area contributed by atoms with Gasteiger partial charge in [-0.3, -0.25) is 4.79 Å². The predicted molar refractivity (Wildman–Crippen MR) is 94.0 cm³/mol. The van der Waals surface area contributed by atoms with E-state index < -0.39 is 36.2 Å². The van der Waals surface area contributed by atoms with E-state index in [2.05, 4.69) is 15.4 Å². The second kappa shape index (κ2) is 10.4. The van der Waals surface area contributed by atoms with E-state index in [0.29, 0.717) is 0 Å². The van der Waals surface area contributed by atoms with Gasteiger partial charge in [0.25, 0.3) is 0 Å². The SMILES string of the molecule is COC(=O)[C@@H](NC(=O)[C@H](NC(=O)OCc1ccccc1)[C@H](C)O)C(C)C. The highest BCUT2D eigenvalue weighted by molar-refractivity contribution is 5.90. The first-order chi connectivity index (χ1) is 12.3. The maximum atomic E-state index is 12.4. The van der Waals surface area contributed by atoms with Crippen molar-refractivity contribution in [1.82, 2.24) is 10.6 Å². The lowest BCUT2D eigenvalue weighted by atomic mass is 10.0. The Bertz CT molecular complexity index is 603. The molecule has 0 aliphatic rings. The molecule has 8 heteroatoms. The Morgan fingerprint density at radius 3 is 2.15 bits per heavy atom. The number of benzene rings is 1. The van der Waals surface area contributed by atoms with Gasteiger partial charge in [-0.05, 0) is 18.4 Å². The molecule has 1 aromatic rings. The summed E-state index contributed by atoms with van der Waals surface area (Å²) in [6.07, 6.45) is -2.04. The molecule has 0 aliphatic heterocycles. The summed E-state index contributed by atoms with van der Waals surface area (Å²) in [6.45, 7) is 4.85. The molecule has 0 saturated heterocycles. The van der Waals surface area contributed by atoms with Crippen molar-refractivity contribution in [2.75, 3.05) is 7.11 Å². The third-order valence-corrected chi connectivity index (χ3v) is 3.67. The summed E-state index contributed by atoms with van der Waals surface area (Å²) < 4.78 is 9.70. The van der Waals surface area contributed by atoms with E-state index in [1.165, 1.54) is 14.0 Å². The molecule has 0 radical (unpaired) electrons. The zero-order valence-electron chi connectivity index (χ0n) is 15.4. The molecule has 0 saturated carbocycles. The van der Waals surface area contributed by atoms with E-state index in [4.69, 9.17) is 4.74 Å². The van der Waals surface area contributed by atoms with Gasteiger partial charge in [0.15, 0.2) is 0 Å². The van der Waals surface area contributed by atoms with Crippen LogP contribution >= 0.6 is 0 Å². The van der Waals surface area contributed by atoms with Crippen molar-refractivity contribution < 1.29 is 29.0 Å². The molecule has 0 heterocycles. The monoisotopic (exact) mass is 366 g/mol.